The fraction of sp³-hybridized carbons (Fsp3) is 0.176. The van der Waals surface area contributed by atoms with E-state index in [1.165, 1.54) is 24.3 Å². The van der Waals surface area contributed by atoms with E-state index < -0.39 is 0 Å². The molecule has 0 aliphatic carbocycles. The summed E-state index contributed by atoms with van der Waals surface area (Å²) in [6, 6.07) is 23.4. The van der Waals surface area contributed by atoms with Gasteiger partial charge in [0.2, 0.25) is 11.8 Å². The maximum Gasteiger partial charge on any atom is 0.268 e. The lowest BCUT2D eigenvalue weighted by molar-refractivity contribution is -0.118. The highest BCUT2D eigenvalue weighted by molar-refractivity contribution is 5.98. The van der Waals surface area contributed by atoms with Crippen molar-refractivity contribution in [3.05, 3.63) is 108 Å². The molecule has 0 bridgehead atoms. The highest BCUT2D eigenvalue weighted by Crippen LogP contribution is 2.30. The first-order valence-electron chi connectivity index (χ1n) is 14.4. The van der Waals surface area contributed by atoms with E-state index in [0.29, 0.717) is 64.7 Å². The monoisotopic (exact) mass is 609 g/mol. The molecule has 0 saturated carbocycles. The topological polar surface area (TPSA) is 134 Å². The molecule has 4 N–H and O–H groups in total. The van der Waals surface area contributed by atoms with Gasteiger partial charge >= 0.3 is 0 Å². The summed E-state index contributed by atoms with van der Waals surface area (Å²) >= 11 is 0. The van der Waals surface area contributed by atoms with Crippen molar-refractivity contribution in [2.75, 3.05) is 17.7 Å². The van der Waals surface area contributed by atoms with Crippen molar-refractivity contribution < 1.29 is 28.2 Å². The number of methoxy groups -OCH3 is 1. The fourth-order valence-corrected chi connectivity index (χ4v) is 4.62. The molecule has 0 saturated heterocycles. The predicted molar refractivity (Wildman–Crippen MR) is 169 cm³/mol. The maximum atomic E-state index is 13.0. The number of aromatic amines is 1. The predicted octanol–water partition coefficient (Wildman–Crippen LogP) is 6.57. The van der Waals surface area contributed by atoms with Gasteiger partial charge in [-0.2, -0.15) is 0 Å². The number of carbonyl (C=O) groups is 3. The Kier molecular flexibility index (Phi) is 10.0. The lowest BCUT2D eigenvalue weighted by atomic mass is 10.1. The van der Waals surface area contributed by atoms with Crippen LogP contribution in [0.4, 0.5) is 15.8 Å². The number of carbonyl (C=O) groups excluding carboxylic acids is 3. The first-order valence-corrected chi connectivity index (χ1v) is 14.4. The summed E-state index contributed by atoms with van der Waals surface area (Å²) in [5, 5.41) is 9.08. The van der Waals surface area contributed by atoms with Gasteiger partial charge in [0.15, 0.2) is 0 Å². The number of rotatable bonds is 13. The van der Waals surface area contributed by atoms with Gasteiger partial charge in [-0.3, -0.25) is 14.4 Å². The van der Waals surface area contributed by atoms with Crippen molar-refractivity contribution in [3.63, 3.8) is 0 Å². The number of pyridine rings is 1. The number of hydrogen-bond donors (Lipinski definition) is 4. The normalized spacial score (nSPS) is 10.7. The number of para-hydroxylation sites is 1. The van der Waals surface area contributed by atoms with Crippen LogP contribution in [0.15, 0.2) is 91.1 Å². The first kappa shape index (κ1) is 30.7. The van der Waals surface area contributed by atoms with Crippen LogP contribution in [0.5, 0.6) is 17.2 Å². The molecule has 10 nitrogen and oxygen atoms in total. The molecular formula is C34H32FN5O5. The van der Waals surface area contributed by atoms with Crippen LogP contribution in [-0.2, 0) is 16.1 Å². The molecular weight excluding hydrogens is 577 g/mol. The number of nitrogens with zero attached hydrogens (tertiary/aromatic N) is 1. The van der Waals surface area contributed by atoms with Crippen molar-refractivity contribution >= 4 is 40.1 Å². The molecule has 0 aliphatic heterocycles. The van der Waals surface area contributed by atoms with Crippen molar-refractivity contribution in [1.29, 1.82) is 0 Å². The van der Waals surface area contributed by atoms with Crippen molar-refractivity contribution in [1.82, 2.24) is 15.3 Å². The summed E-state index contributed by atoms with van der Waals surface area (Å²) in [7, 11) is 1.59. The van der Waals surface area contributed by atoms with Crippen LogP contribution in [0.3, 0.4) is 0 Å². The molecule has 0 fully saturated rings. The van der Waals surface area contributed by atoms with E-state index in [2.05, 4.69) is 25.9 Å². The minimum absolute atomic E-state index is 0.165. The molecule has 230 valence electrons. The molecule has 2 heterocycles. The average molecular weight is 610 g/mol. The fourth-order valence-electron chi connectivity index (χ4n) is 4.62. The van der Waals surface area contributed by atoms with Crippen LogP contribution in [-0.4, -0.2) is 34.8 Å². The Morgan fingerprint density at radius 3 is 2.13 bits per heavy atom. The third-order valence-corrected chi connectivity index (χ3v) is 6.92. The van der Waals surface area contributed by atoms with Gasteiger partial charge in [0, 0.05) is 42.5 Å². The van der Waals surface area contributed by atoms with Crippen LogP contribution < -0.4 is 25.4 Å². The average Bonchev–Trinajstić information content (AvgIpc) is 3.50. The number of nitrogens with one attached hydrogen (secondary N) is 4. The third kappa shape index (κ3) is 8.44. The third-order valence-electron chi connectivity index (χ3n) is 6.92. The number of halogens is 1. The summed E-state index contributed by atoms with van der Waals surface area (Å²) in [6.07, 6.45) is 3.19. The molecule has 11 heteroatoms. The Morgan fingerprint density at radius 2 is 1.47 bits per heavy atom. The van der Waals surface area contributed by atoms with Gasteiger partial charge in [0.25, 0.3) is 5.91 Å². The van der Waals surface area contributed by atoms with Gasteiger partial charge in [0.1, 0.15) is 34.4 Å². The number of fused-ring (bicyclic) bond motifs is 1. The number of benzene rings is 3. The molecule has 5 aromatic rings. The molecule has 0 unspecified atom stereocenters. The summed E-state index contributed by atoms with van der Waals surface area (Å²) in [5.74, 6) is 0.731. The SMILES string of the molecule is COc1ccccc1CNC(=O)c1cc2c(Oc3ccc(NC(=O)CCCCC(=O)Nc4ccc(F)cc4)cc3)ccnc2[nH]1. The number of aromatic nitrogens is 2. The second-order valence-corrected chi connectivity index (χ2v) is 10.2. The van der Waals surface area contributed by atoms with Gasteiger partial charge in [-0.25, -0.2) is 9.37 Å². The molecule has 3 amide bonds. The van der Waals surface area contributed by atoms with Crippen LogP contribution in [0.25, 0.3) is 11.0 Å². The van der Waals surface area contributed by atoms with Crippen LogP contribution in [0.1, 0.15) is 41.7 Å². The van der Waals surface area contributed by atoms with Gasteiger partial charge < -0.3 is 30.4 Å². The van der Waals surface area contributed by atoms with E-state index in [1.807, 2.05) is 24.3 Å². The van der Waals surface area contributed by atoms with Crippen molar-refractivity contribution in [3.8, 4) is 17.2 Å². The minimum atomic E-state index is -0.369. The molecule has 45 heavy (non-hydrogen) atoms. The Balaban J connectivity index is 1.09. The van der Waals surface area contributed by atoms with E-state index in [-0.39, 0.29) is 36.4 Å². The van der Waals surface area contributed by atoms with Gasteiger partial charge in [0.05, 0.1) is 12.5 Å². The largest absolute Gasteiger partial charge is 0.496 e. The van der Waals surface area contributed by atoms with E-state index in [9.17, 15) is 18.8 Å². The Labute approximate surface area is 259 Å². The van der Waals surface area contributed by atoms with E-state index in [4.69, 9.17) is 9.47 Å². The van der Waals surface area contributed by atoms with Gasteiger partial charge in [-0.15, -0.1) is 0 Å². The Hall–Kier alpha value is -5.71. The van der Waals surface area contributed by atoms with Gasteiger partial charge in [-0.1, -0.05) is 18.2 Å². The van der Waals surface area contributed by atoms with Crippen LogP contribution in [0.2, 0.25) is 0 Å². The summed E-state index contributed by atoms with van der Waals surface area (Å²) < 4.78 is 24.4. The standard InChI is InChI=1S/C34H32FN5O5/c1-44-29-7-3-2-6-22(29)21-37-34(43)28-20-27-30(18-19-36-33(27)40-28)45-26-16-14-25(15-17-26)39-32(42)9-5-4-8-31(41)38-24-12-10-23(35)11-13-24/h2-3,6-7,10-20H,4-5,8-9,21H2,1H3,(H,36,40)(H,37,43)(H,38,41)(H,39,42). The van der Waals surface area contributed by atoms with Crippen LogP contribution in [0, 0.1) is 5.82 Å². The van der Waals surface area contributed by atoms with E-state index in [1.54, 1.807) is 49.7 Å². The molecule has 3 aromatic carbocycles. The van der Waals surface area contributed by atoms with Crippen molar-refractivity contribution in [2.45, 2.75) is 32.2 Å². The van der Waals surface area contributed by atoms with Crippen LogP contribution >= 0.6 is 0 Å². The maximum absolute atomic E-state index is 13.0. The smallest absolute Gasteiger partial charge is 0.268 e. The molecule has 0 radical (unpaired) electrons. The number of anilines is 2. The zero-order valence-electron chi connectivity index (χ0n) is 24.6. The quantitative estimate of drug-likeness (QED) is 0.112. The molecule has 5 rings (SSSR count). The molecule has 0 aliphatic rings. The zero-order valence-corrected chi connectivity index (χ0v) is 24.6. The number of hydrogen-bond acceptors (Lipinski definition) is 6. The Bertz CT molecular complexity index is 1790. The highest BCUT2D eigenvalue weighted by Gasteiger charge is 2.15. The number of amides is 3. The molecule has 0 atom stereocenters. The first-order chi connectivity index (χ1) is 21.9. The van der Waals surface area contributed by atoms with Gasteiger partial charge in [-0.05, 0) is 79.6 Å². The number of ether oxygens (including phenoxy) is 2. The lowest BCUT2D eigenvalue weighted by Crippen LogP contribution is -2.23. The molecule has 2 aromatic heterocycles. The van der Waals surface area contributed by atoms with E-state index >= 15 is 0 Å². The summed E-state index contributed by atoms with van der Waals surface area (Å²) in [4.78, 5) is 44.7. The lowest BCUT2D eigenvalue weighted by Gasteiger charge is -2.09. The second kappa shape index (κ2) is 14.6. The Morgan fingerprint density at radius 1 is 0.822 bits per heavy atom. The van der Waals surface area contributed by atoms with Crippen molar-refractivity contribution in [2.24, 2.45) is 0 Å². The highest BCUT2D eigenvalue weighted by atomic mass is 19.1. The molecule has 0 spiro atoms. The zero-order chi connectivity index (χ0) is 31.6. The minimum Gasteiger partial charge on any atom is -0.496 e. The summed E-state index contributed by atoms with van der Waals surface area (Å²) in [6.45, 7) is 0.299. The number of H-pyrrole nitrogens is 1. The number of unbranched alkanes of at least 4 members (excludes halogenated alkanes) is 1. The second-order valence-electron chi connectivity index (χ2n) is 10.2. The van der Waals surface area contributed by atoms with E-state index in [0.717, 1.165) is 5.56 Å². The summed E-state index contributed by atoms with van der Waals surface area (Å²) in [5.41, 5.74) is 2.84.